The first kappa shape index (κ1) is 32.6. The molecule has 11 aromatic carbocycles. The van der Waals surface area contributed by atoms with Crippen molar-refractivity contribution in [2.75, 3.05) is 0 Å². The molecule has 0 amide bonds. The van der Waals surface area contributed by atoms with Gasteiger partial charge in [-0.25, -0.2) is 4.98 Å². The average molecular weight is 734 g/mol. The minimum absolute atomic E-state index is 0.999. The first-order valence-corrected chi connectivity index (χ1v) is 20.0. The minimum atomic E-state index is 0.999. The maximum Gasteiger partial charge on any atom is 0.0788 e. The van der Waals surface area contributed by atoms with Crippen LogP contribution in [0.4, 0.5) is 0 Å². The van der Waals surface area contributed by atoms with Gasteiger partial charge >= 0.3 is 0 Å². The van der Waals surface area contributed by atoms with Gasteiger partial charge in [-0.15, -0.1) is 0 Å². The summed E-state index contributed by atoms with van der Waals surface area (Å²) in [5, 5.41) is 15.9. The summed E-state index contributed by atoms with van der Waals surface area (Å²) >= 11 is 0. The quantitative estimate of drug-likeness (QED) is 0.130. The van der Waals surface area contributed by atoms with Crippen LogP contribution < -0.4 is 0 Å². The molecule has 0 saturated carbocycles. The van der Waals surface area contributed by atoms with Crippen LogP contribution in [-0.4, -0.2) is 4.98 Å². The molecule has 12 aromatic rings. The molecule has 0 atom stereocenters. The van der Waals surface area contributed by atoms with Crippen molar-refractivity contribution in [1.82, 2.24) is 4.98 Å². The lowest BCUT2D eigenvalue weighted by Gasteiger charge is -2.20. The number of para-hydroxylation sites is 1. The normalized spacial score (nSPS) is 11.8. The third-order valence-corrected chi connectivity index (χ3v) is 12.2. The fourth-order valence-electron chi connectivity index (χ4n) is 9.46. The van der Waals surface area contributed by atoms with E-state index in [9.17, 15) is 0 Å². The third kappa shape index (κ3) is 5.14. The SMILES string of the molecule is c1ccc2cc(-c3c4ccc(-c5nc6ccccc6c6ccccc56)cc4c(-c4ccc5ccccc5c4)c4ccc(-c5cccc6ccccc56)cc34)ccc2c1. The van der Waals surface area contributed by atoms with E-state index in [2.05, 4.69) is 212 Å². The number of aromatic nitrogens is 1. The number of nitrogens with zero attached hydrogens (tertiary/aromatic N) is 1. The van der Waals surface area contributed by atoms with Gasteiger partial charge < -0.3 is 0 Å². The van der Waals surface area contributed by atoms with E-state index < -0.39 is 0 Å². The molecular formula is C57H35N. The standard InChI is InChI=1S/C57H35N/c1-3-15-39-32-42(26-24-36(39)12-1)55-50-31-29-44(57-51-21-8-7-19-47(51)48-20-9-10-23-54(48)58-57)35-53(50)56(43-27-25-37-13-2-4-16-40(37)33-43)49-30-28-41(34-52(49)55)46-22-11-17-38-14-5-6-18-45(38)46/h1-35H. The van der Waals surface area contributed by atoms with Gasteiger partial charge in [-0.1, -0.05) is 182 Å². The van der Waals surface area contributed by atoms with Crippen LogP contribution in [0.15, 0.2) is 212 Å². The molecule has 0 radical (unpaired) electrons. The number of hydrogen-bond acceptors (Lipinski definition) is 1. The maximum absolute atomic E-state index is 5.37. The van der Waals surface area contributed by atoms with Crippen molar-refractivity contribution in [1.29, 1.82) is 0 Å². The van der Waals surface area contributed by atoms with Crippen LogP contribution in [0.3, 0.4) is 0 Å². The highest BCUT2D eigenvalue weighted by molar-refractivity contribution is 6.24. The van der Waals surface area contributed by atoms with Crippen LogP contribution in [0.1, 0.15) is 0 Å². The van der Waals surface area contributed by atoms with E-state index in [4.69, 9.17) is 4.98 Å². The monoisotopic (exact) mass is 733 g/mol. The fourth-order valence-corrected chi connectivity index (χ4v) is 9.46. The van der Waals surface area contributed by atoms with E-state index in [-0.39, 0.29) is 0 Å². The molecule has 0 aliphatic rings. The Morgan fingerprint density at radius 1 is 0.241 bits per heavy atom. The van der Waals surface area contributed by atoms with Crippen LogP contribution >= 0.6 is 0 Å². The van der Waals surface area contributed by atoms with E-state index in [0.29, 0.717) is 0 Å². The largest absolute Gasteiger partial charge is 0.247 e. The Morgan fingerprint density at radius 2 is 0.724 bits per heavy atom. The highest BCUT2D eigenvalue weighted by atomic mass is 14.7. The Morgan fingerprint density at radius 3 is 1.40 bits per heavy atom. The second-order valence-corrected chi connectivity index (χ2v) is 15.4. The zero-order chi connectivity index (χ0) is 38.2. The average Bonchev–Trinajstić information content (AvgIpc) is 3.29. The molecule has 0 bridgehead atoms. The maximum atomic E-state index is 5.37. The van der Waals surface area contributed by atoms with Crippen molar-refractivity contribution >= 4 is 75.5 Å². The van der Waals surface area contributed by atoms with Crippen LogP contribution in [0.2, 0.25) is 0 Å². The first-order valence-electron chi connectivity index (χ1n) is 20.0. The van der Waals surface area contributed by atoms with Crippen LogP contribution in [0, 0.1) is 0 Å². The molecule has 0 aliphatic carbocycles. The van der Waals surface area contributed by atoms with Gasteiger partial charge in [0, 0.05) is 16.3 Å². The van der Waals surface area contributed by atoms with Crippen LogP contribution in [0.5, 0.6) is 0 Å². The molecule has 0 unspecified atom stereocenters. The Bertz CT molecular complexity index is 3630. The minimum Gasteiger partial charge on any atom is -0.247 e. The number of fused-ring (bicyclic) bond motifs is 8. The molecule has 0 aliphatic heterocycles. The van der Waals surface area contributed by atoms with Crippen molar-refractivity contribution < 1.29 is 0 Å². The van der Waals surface area contributed by atoms with E-state index in [1.165, 1.54) is 98.0 Å². The highest BCUT2D eigenvalue weighted by Gasteiger charge is 2.21. The van der Waals surface area contributed by atoms with Gasteiger partial charge in [-0.3, -0.25) is 0 Å². The van der Waals surface area contributed by atoms with Gasteiger partial charge in [0.15, 0.2) is 0 Å². The van der Waals surface area contributed by atoms with Crippen LogP contribution in [-0.2, 0) is 0 Å². The van der Waals surface area contributed by atoms with Crippen molar-refractivity contribution in [3.63, 3.8) is 0 Å². The molecular weight excluding hydrogens is 699 g/mol. The van der Waals surface area contributed by atoms with Gasteiger partial charge in [0.1, 0.15) is 0 Å². The predicted octanol–water partition coefficient (Wildman–Crippen LogP) is 15.8. The van der Waals surface area contributed by atoms with Gasteiger partial charge in [0.05, 0.1) is 11.2 Å². The van der Waals surface area contributed by atoms with Crippen molar-refractivity contribution in [3.05, 3.63) is 212 Å². The Kier molecular flexibility index (Phi) is 7.30. The lowest BCUT2D eigenvalue weighted by atomic mass is 9.83. The topological polar surface area (TPSA) is 12.9 Å². The van der Waals surface area contributed by atoms with Crippen molar-refractivity contribution in [2.24, 2.45) is 0 Å². The Labute approximate surface area is 336 Å². The summed E-state index contributed by atoms with van der Waals surface area (Å²) in [6, 6.07) is 78.0. The van der Waals surface area contributed by atoms with Crippen LogP contribution in [0.25, 0.3) is 120 Å². The summed E-state index contributed by atoms with van der Waals surface area (Å²) in [6.45, 7) is 0. The second kappa shape index (κ2) is 13.0. The van der Waals surface area contributed by atoms with Gasteiger partial charge in [0.25, 0.3) is 0 Å². The highest BCUT2D eigenvalue weighted by Crippen LogP contribution is 2.47. The van der Waals surface area contributed by atoms with Gasteiger partial charge in [0.2, 0.25) is 0 Å². The predicted molar refractivity (Wildman–Crippen MR) is 249 cm³/mol. The lowest BCUT2D eigenvalue weighted by Crippen LogP contribution is -1.94. The molecule has 12 rings (SSSR count). The number of hydrogen-bond donors (Lipinski definition) is 0. The summed E-state index contributed by atoms with van der Waals surface area (Å²) in [6.07, 6.45) is 0. The van der Waals surface area contributed by atoms with E-state index in [1.54, 1.807) is 0 Å². The Hall–Kier alpha value is -7.61. The van der Waals surface area contributed by atoms with E-state index in [1.807, 2.05) is 0 Å². The number of rotatable bonds is 4. The molecule has 1 heteroatoms. The second-order valence-electron chi connectivity index (χ2n) is 15.4. The molecule has 0 saturated heterocycles. The summed E-state index contributed by atoms with van der Waals surface area (Å²) in [4.78, 5) is 5.37. The van der Waals surface area contributed by atoms with E-state index in [0.717, 1.165) is 22.2 Å². The van der Waals surface area contributed by atoms with Gasteiger partial charge in [-0.05, 0) is 123 Å². The molecule has 0 spiro atoms. The van der Waals surface area contributed by atoms with Crippen molar-refractivity contribution in [3.8, 4) is 44.6 Å². The first-order chi connectivity index (χ1) is 28.7. The smallest absolute Gasteiger partial charge is 0.0788 e. The zero-order valence-corrected chi connectivity index (χ0v) is 31.7. The number of pyridine rings is 1. The summed E-state index contributed by atoms with van der Waals surface area (Å²) < 4.78 is 0. The molecule has 268 valence electrons. The lowest BCUT2D eigenvalue weighted by molar-refractivity contribution is 1.43. The van der Waals surface area contributed by atoms with Gasteiger partial charge in [-0.2, -0.15) is 0 Å². The molecule has 1 heterocycles. The third-order valence-electron chi connectivity index (χ3n) is 12.2. The molecule has 0 N–H and O–H groups in total. The molecule has 0 fully saturated rings. The fraction of sp³-hybridized carbons (Fsp3) is 0. The van der Waals surface area contributed by atoms with Crippen molar-refractivity contribution in [2.45, 2.75) is 0 Å². The molecule has 58 heavy (non-hydrogen) atoms. The summed E-state index contributed by atoms with van der Waals surface area (Å²) in [5.41, 5.74) is 10.4. The van der Waals surface area contributed by atoms with E-state index >= 15 is 0 Å². The summed E-state index contributed by atoms with van der Waals surface area (Å²) in [5.74, 6) is 0. The number of benzene rings is 11. The summed E-state index contributed by atoms with van der Waals surface area (Å²) in [7, 11) is 0. The molecule has 1 nitrogen and oxygen atoms in total. The Balaban J connectivity index is 1.23. The molecule has 1 aromatic heterocycles. The zero-order valence-electron chi connectivity index (χ0n) is 31.7.